The Hall–Kier alpha value is -0.730. The van der Waals surface area contributed by atoms with Gasteiger partial charge in [0.05, 0.1) is 0 Å². The highest BCUT2D eigenvalue weighted by Gasteiger charge is 1.71. The molecule has 0 aliphatic rings. The SMILES string of the molecule is OC(O)=CF. The quantitative estimate of drug-likeness (QED) is 0.422. The van der Waals surface area contributed by atoms with Crippen LogP contribution in [-0.4, -0.2) is 10.2 Å². The smallest absolute Gasteiger partial charge is 0.303 e. The van der Waals surface area contributed by atoms with E-state index in [0.717, 1.165) is 0 Å². The van der Waals surface area contributed by atoms with Gasteiger partial charge in [0.15, 0.2) is 6.33 Å². The molecule has 0 saturated carbocycles. The third-order valence-electron chi connectivity index (χ3n) is 0.0976. The van der Waals surface area contributed by atoms with E-state index in [1.807, 2.05) is 0 Å². The first kappa shape index (κ1) is 4.27. The molecular weight excluding hydrogens is 75.0 g/mol. The van der Waals surface area contributed by atoms with Crippen molar-refractivity contribution in [3.8, 4) is 0 Å². The molecule has 0 atom stereocenters. The first-order valence-electron chi connectivity index (χ1n) is 0.954. The normalized spacial score (nSPS) is 6.60. The zero-order chi connectivity index (χ0) is 4.28. The third kappa shape index (κ3) is 3.27. The standard InChI is InChI=1S/C2H3FO2/c3-1-2(4)5/h1,4-5H. The third-order valence-corrected chi connectivity index (χ3v) is 0.0976. The molecule has 0 radical (unpaired) electrons. The molecule has 0 saturated heterocycles. The topological polar surface area (TPSA) is 40.5 Å². The molecule has 0 fully saturated rings. The number of halogens is 1. The van der Waals surface area contributed by atoms with Gasteiger partial charge in [-0.3, -0.25) is 0 Å². The molecule has 0 amide bonds. The summed E-state index contributed by atoms with van der Waals surface area (Å²) in [6, 6.07) is 0. The summed E-state index contributed by atoms with van der Waals surface area (Å²) in [5, 5.41) is 14.8. The maximum absolute atomic E-state index is 10.5. The highest BCUT2D eigenvalue weighted by Crippen LogP contribution is 1.74. The Bertz CT molecular complexity index is 45.6. The first-order valence-corrected chi connectivity index (χ1v) is 0.954. The van der Waals surface area contributed by atoms with E-state index in [4.69, 9.17) is 10.2 Å². The van der Waals surface area contributed by atoms with Crippen LogP contribution in [0, 0.1) is 0 Å². The Morgan fingerprint density at radius 2 is 1.80 bits per heavy atom. The molecule has 3 heteroatoms. The van der Waals surface area contributed by atoms with Crippen LogP contribution >= 0.6 is 0 Å². The fraction of sp³-hybridized carbons (Fsp3) is 0. The van der Waals surface area contributed by atoms with Crippen molar-refractivity contribution >= 4 is 0 Å². The maximum Gasteiger partial charge on any atom is 0.303 e. The molecule has 0 rings (SSSR count). The summed E-state index contributed by atoms with van der Waals surface area (Å²) < 4.78 is 10.5. The van der Waals surface area contributed by atoms with Crippen LogP contribution < -0.4 is 0 Å². The van der Waals surface area contributed by atoms with Gasteiger partial charge >= 0.3 is 5.95 Å². The molecule has 5 heavy (non-hydrogen) atoms. The van der Waals surface area contributed by atoms with Crippen molar-refractivity contribution in [2.24, 2.45) is 0 Å². The molecule has 0 spiro atoms. The van der Waals surface area contributed by atoms with Crippen molar-refractivity contribution in [3.63, 3.8) is 0 Å². The molecule has 0 aromatic carbocycles. The van der Waals surface area contributed by atoms with Gasteiger partial charge in [-0.2, -0.15) is 0 Å². The molecule has 0 heterocycles. The molecule has 0 bridgehead atoms. The Labute approximate surface area is 28.2 Å². The van der Waals surface area contributed by atoms with E-state index in [-0.39, 0.29) is 6.33 Å². The minimum absolute atomic E-state index is 0.306. The van der Waals surface area contributed by atoms with E-state index in [1.54, 1.807) is 0 Å². The van der Waals surface area contributed by atoms with Crippen LogP contribution in [0.5, 0.6) is 0 Å². The van der Waals surface area contributed by atoms with Crippen LogP contribution in [0.25, 0.3) is 0 Å². The Kier molecular flexibility index (Phi) is 1.35. The molecule has 0 aliphatic carbocycles. The monoisotopic (exact) mass is 78.0 g/mol. The summed E-state index contributed by atoms with van der Waals surface area (Å²) in [4.78, 5) is 0. The van der Waals surface area contributed by atoms with Gasteiger partial charge in [-0.25, -0.2) is 4.39 Å². The van der Waals surface area contributed by atoms with E-state index in [2.05, 4.69) is 0 Å². The highest BCUT2D eigenvalue weighted by molar-refractivity contribution is 4.64. The number of rotatable bonds is 0. The Morgan fingerprint density at radius 3 is 1.80 bits per heavy atom. The van der Waals surface area contributed by atoms with E-state index < -0.39 is 5.95 Å². The van der Waals surface area contributed by atoms with Gasteiger partial charge in [0, 0.05) is 0 Å². The number of hydrogen-bond donors (Lipinski definition) is 2. The summed E-state index contributed by atoms with van der Waals surface area (Å²) in [7, 11) is 0. The number of hydrogen-bond acceptors (Lipinski definition) is 2. The van der Waals surface area contributed by atoms with Crippen molar-refractivity contribution < 1.29 is 14.6 Å². The van der Waals surface area contributed by atoms with Crippen LogP contribution in [0.15, 0.2) is 12.3 Å². The molecular formula is C2H3FO2. The minimum atomic E-state index is -1.29. The van der Waals surface area contributed by atoms with Crippen LogP contribution in [0.1, 0.15) is 0 Å². The van der Waals surface area contributed by atoms with Gasteiger partial charge in [-0.05, 0) is 0 Å². The summed E-state index contributed by atoms with van der Waals surface area (Å²) in [5.74, 6) is -1.29. The Morgan fingerprint density at radius 1 is 1.60 bits per heavy atom. The lowest BCUT2D eigenvalue weighted by Crippen LogP contribution is -1.67. The van der Waals surface area contributed by atoms with Gasteiger partial charge in [0.1, 0.15) is 0 Å². The lowest BCUT2D eigenvalue weighted by Gasteiger charge is -1.72. The lowest BCUT2D eigenvalue weighted by molar-refractivity contribution is 0.182. The zero-order valence-corrected chi connectivity index (χ0v) is 2.35. The largest absolute Gasteiger partial charge is 0.479 e. The van der Waals surface area contributed by atoms with Crippen LogP contribution in [0.4, 0.5) is 4.39 Å². The predicted molar refractivity (Wildman–Crippen MR) is 14.4 cm³/mol. The van der Waals surface area contributed by atoms with E-state index in [1.165, 1.54) is 0 Å². The average Bonchev–Trinajstić information content (AvgIpc) is 1.38. The Balaban J connectivity index is 3.14. The molecule has 0 aliphatic heterocycles. The molecule has 30 valence electrons. The second kappa shape index (κ2) is 1.58. The molecule has 2 N–H and O–H groups in total. The fourth-order valence-electron chi connectivity index (χ4n) is 0. The average molecular weight is 78.0 g/mol. The minimum Gasteiger partial charge on any atom is -0.479 e. The predicted octanol–water partition coefficient (Wildman–Crippen LogP) is 0.871. The summed E-state index contributed by atoms with van der Waals surface area (Å²) in [6.07, 6.45) is -0.306. The van der Waals surface area contributed by atoms with E-state index in [0.29, 0.717) is 0 Å². The van der Waals surface area contributed by atoms with Crippen molar-refractivity contribution in [1.82, 2.24) is 0 Å². The molecule has 0 aromatic heterocycles. The molecule has 2 nitrogen and oxygen atoms in total. The van der Waals surface area contributed by atoms with Crippen molar-refractivity contribution in [2.75, 3.05) is 0 Å². The highest BCUT2D eigenvalue weighted by atomic mass is 19.1. The van der Waals surface area contributed by atoms with Crippen molar-refractivity contribution in [3.05, 3.63) is 12.3 Å². The first-order chi connectivity index (χ1) is 2.27. The van der Waals surface area contributed by atoms with Crippen molar-refractivity contribution in [1.29, 1.82) is 0 Å². The summed E-state index contributed by atoms with van der Waals surface area (Å²) in [5.41, 5.74) is 0. The molecule has 0 aromatic rings. The van der Waals surface area contributed by atoms with Crippen LogP contribution in [0.2, 0.25) is 0 Å². The van der Waals surface area contributed by atoms with E-state index in [9.17, 15) is 4.39 Å². The van der Waals surface area contributed by atoms with Gasteiger partial charge < -0.3 is 10.2 Å². The number of aliphatic hydroxyl groups excluding tert-OH is 1. The van der Waals surface area contributed by atoms with Gasteiger partial charge in [0.2, 0.25) is 0 Å². The lowest BCUT2D eigenvalue weighted by atomic mass is 11.0. The second-order valence-corrected chi connectivity index (χ2v) is 0.467. The fourth-order valence-corrected chi connectivity index (χ4v) is 0. The second-order valence-electron chi connectivity index (χ2n) is 0.467. The summed E-state index contributed by atoms with van der Waals surface area (Å²) >= 11 is 0. The van der Waals surface area contributed by atoms with Crippen LogP contribution in [0.3, 0.4) is 0 Å². The maximum atomic E-state index is 10.5. The number of aliphatic hydroxyl groups is 2. The van der Waals surface area contributed by atoms with Gasteiger partial charge in [0.25, 0.3) is 0 Å². The van der Waals surface area contributed by atoms with E-state index >= 15 is 0 Å². The van der Waals surface area contributed by atoms with Gasteiger partial charge in [-0.15, -0.1) is 0 Å². The van der Waals surface area contributed by atoms with Gasteiger partial charge in [-0.1, -0.05) is 0 Å². The summed E-state index contributed by atoms with van der Waals surface area (Å²) in [6.45, 7) is 0. The zero-order valence-electron chi connectivity index (χ0n) is 2.35. The van der Waals surface area contributed by atoms with Crippen molar-refractivity contribution in [2.45, 2.75) is 0 Å². The van der Waals surface area contributed by atoms with Crippen LogP contribution in [-0.2, 0) is 0 Å². The molecule has 0 unspecified atom stereocenters.